The molecule has 82 heavy (non-hydrogen) atoms. The first kappa shape index (κ1) is 71.4. The molecule has 14 N–H and O–H groups in total. The number of carbonyl (C=O) groups excluding carboxylic acids is 4. The topological polar surface area (TPSA) is 474 Å². The van der Waals surface area contributed by atoms with E-state index >= 15 is 0 Å². The van der Waals surface area contributed by atoms with Crippen LogP contribution in [0.15, 0.2) is 100 Å². The minimum absolute atomic E-state index is 0. The Hall–Kier alpha value is -8.57. The van der Waals surface area contributed by atoms with Crippen LogP contribution >= 0.6 is 33.0 Å². The van der Waals surface area contributed by atoms with Gasteiger partial charge in [0, 0.05) is 39.4 Å². The molecular weight excluding hydrogens is 1170 g/mol. The molecule has 31 heteroatoms. The molecule has 438 valence electrons. The first-order valence-electron chi connectivity index (χ1n) is 22.3. The van der Waals surface area contributed by atoms with E-state index in [4.69, 9.17) is 81.6 Å². The second-order valence-corrected chi connectivity index (χ2v) is 18.4. The summed E-state index contributed by atoms with van der Waals surface area (Å²) < 4.78 is 9.09. The molecule has 0 aliphatic heterocycles. The summed E-state index contributed by atoms with van der Waals surface area (Å²) in [6.45, 7) is 2.50. The number of aromatic hydroxyl groups is 1. The van der Waals surface area contributed by atoms with Crippen molar-refractivity contribution in [3.05, 3.63) is 178 Å². The van der Waals surface area contributed by atoms with Crippen molar-refractivity contribution in [1.29, 1.82) is 0 Å². The van der Waals surface area contributed by atoms with Gasteiger partial charge in [-0.1, -0.05) is 19.0 Å². The van der Waals surface area contributed by atoms with Crippen molar-refractivity contribution in [3.63, 3.8) is 0 Å². The lowest BCUT2D eigenvalue weighted by Crippen LogP contribution is -2.08. The van der Waals surface area contributed by atoms with Crippen molar-refractivity contribution < 1.29 is 75.6 Å². The van der Waals surface area contributed by atoms with Gasteiger partial charge in [-0.25, -0.2) is 33.9 Å². The Bertz CT molecular complexity index is 3770. The van der Waals surface area contributed by atoms with Gasteiger partial charge < -0.3 is 66.6 Å². The molecule has 27 nitrogen and oxygen atoms in total. The Morgan fingerprint density at radius 3 is 1.26 bits per heavy atom. The summed E-state index contributed by atoms with van der Waals surface area (Å²) in [7, 11) is 7.36. The molecule has 0 atom stereocenters. The van der Waals surface area contributed by atoms with Gasteiger partial charge in [0.05, 0.1) is 109 Å². The van der Waals surface area contributed by atoms with E-state index in [1.165, 1.54) is 49.6 Å². The molecule has 4 aromatic heterocycles. The third kappa shape index (κ3) is 21.2. The predicted molar refractivity (Wildman–Crippen MR) is 301 cm³/mol. The third-order valence-electron chi connectivity index (χ3n) is 10.7. The molecule has 0 saturated heterocycles. The summed E-state index contributed by atoms with van der Waals surface area (Å²) >= 11 is 5.91. The SMILES string of the molecule is C.Cc1cc2c(=O)[nH]cnc2cc1CO.Cc1cc2c(Cl)ncnc2cc1CO.Nc1cc(CO)c(CO)cc1C(=O)O.O=C=O.O=C=O.O=S(Cl)Cl.O=c1[nH]cnc2cc(CO)c(CO)cc12.O=c1[nH]cnc2cc(CO)c(O)cc12.[2HH]. The third-order valence-corrected chi connectivity index (χ3v) is 11.0. The molecule has 0 fully saturated rings. The number of fused-ring (bicyclic) bond motifs is 4. The van der Waals surface area contributed by atoms with Crippen LogP contribution in [0.25, 0.3) is 43.6 Å². The molecule has 9 aromatic rings. The number of nitrogen functional groups attached to an aromatic ring is 1. The van der Waals surface area contributed by atoms with Crippen LogP contribution in [0.2, 0.25) is 5.15 Å². The largest absolute Gasteiger partial charge is 0.508 e. The number of benzene rings is 5. The molecule has 0 unspecified atom stereocenters. The van der Waals surface area contributed by atoms with Crippen LogP contribution in [-0.2, 0) is 74.7 Å². The maximum Gasteiger partial charge on any atom is 0.373 e. The Kier molecular flexibility index (Phi) is 31.9. The fraction of sp³-hybridized carbons (Fsp3) is 0.196. The minimum atomic E-state index is -1.67. The number of carboxylic acids is 1. The van der Waals surface area contributed by atoms with Gasteiger partial charge in [0.2, 0.25) is 9.23 Å². The second kappa shape index (κ2) is 36.6. The number of nitrogens with one attached hydrogen (secondary N) is 3. The molecule has 5 aromatic carbocycles. The molecular formula is C51H54Cl3N9O18S. The van der Waals surface area contributed by atoms with Crippen molar-refractivity contribution >= 4 is 110 Å². The molecule has 4 heterocycles. The number of aromatic amines is 3. The van der Waals surface area contributed by atoms with Gasteiger partial charge in [0.15, 0.2) is 0 Å². The van der Waals surface area contributed by atoms with E-state index in [0.717, 1.165) is 33.2 Å². The highest BCUT2D eigenvalue weighted by Gasteiger charge is 2.13. The van der Waals surface area contributed by atoms with Crippen molar-refractivity contribution in [2.75, 3.05) is 5.73 Å². The number of hydrogen-bond acceptors (Lipinski definition) is 23. The van der Waals surface area contributed by atoms with Crippen LogP contribution in [0, 0.1) is 13.8 Å². The zero-order chi connectivity index (χ0) is 60.9. The quantitative estimate of drug-likeness (QED) is 0.0587. The highest BCUT2D eigenvalue weighted by atomic mass is 36.0. The standard InChI is InChI=1S/C10H9ClN2O.C10H10N2O3.C10H10N2O2.C9H8N2O3.C9H11NO4.2CO2.CH4.Cl2OS.H2/c1-6-2-8-9(3-7(6)4-14)12-5-13-10(8)11;13-3-6-1-8-9(2-7(6)4-14)11-5-12-10(8)15;1-6-2-8-9(3-7(6)4-13)11-5-12-10(8)14;12-3-5-1-7-6(2-8(5)13)9(14)11-4-10-7;10-8-2-6(4-12)5(3-11)1-7(8)9(13)14;2*2-1-3;;1-4(2)3;/h2-3,5,14H,4H2,1H3;1-2,5,13-14H,3-4H2,(H,11,12,15);2-3,5,13H,4H2,1H3,(H,11,12,14);1-2,4,12-13H,3H2,(H,10,11,14);1-2,11-12H,3-4,10H2,(H,13,14);;;1H4;;1H/i;;;;;;;;;1+1. The molecule has 0 aliphatic carbocycles. The lowest BCUT2D eigenvalue weighted by Gasteiger charge is -2.08. The number of rotatable bonds is 8. The monoisotopic (exact) mass is 1220 g/mol. The molecule has 0 amide bonds. The number of hydrogen-bond donors (Lipinski definition) is 13. The van der Waals surface area contributed by atoms with Crippen LogP contribution in [0.4, 0.5) is 5.69 Å². The average Bonchev–Trinajstić information content (AvgIpc) is 3.52. The van der Waals surface area contributed by atoms with Gasteiger partial charge in [-0.15, -0.1) is 0 Å². The molecule has 9 rings (SSSR count). The molecule has 0 bridgehead atoms. The van der Waals surface area contributed by atoms with Crippen molar-refractivity contribution in [2.24, 2.45) is 0 Å². The normalized spacial score (nSPS) is 9.82. The Morgan fingerprint density at radius 1 is 0.537 bits per heavy atom. The predicted octanol–water partition coefficient (Wildman–Crippen LogP) is 3.55. The van der Waals surface area contributed by atoms with Gasteiger partial charge in [0.1, 0.15) is 17.2 Å². The Balaban J connectivity index is 0.000000966. The molecule has 0 radical (unpaired) electrons. The van der Waals surface area contributed by atoms with E-state index < -0.39 is 15.2 Å². The second-order valence-electron chi connectivity index (χ2n) is 15.6. The summed E-state index contributed by atoms with van der Waals surface area (Å²) in [5, 5.41) is 83.5. The van der Waals surface area contributed by atoms with Crippen LogP contribution in [0.5, 0.6) is 5.75 Å². The number of nitrogens with two attached hydrogens (primary N) is 1. The summed E-state index contributed by atoms with van der Waals surface area (Å²) in [5.74, 6) is -1.25. The number of carboxylic acid groups (broad SMARTS) is 1. The van der Waals surface area contributed by atoms with E-state index in [1.54, 1.807) is 24.3 Å². The van der Waals surface area contributed by atoms with Crippen molar-refractivity contribution in [2.45, 2.75) is 67.5 Å². The number of aliphatic hydroxyl groups excluding tert-OH is 7. The Morgan fingerprint density at radius 2 is 0.854 bits per heavy atom. The molecule has 0 aliphatic rings. The Labute approximate surface area is 479 Å². The lowest BCUT2D eigenvalue weighted by atomic mass is 10.0. The van der Waals surface area contributed by atoms with Gasteiger partial charge >= 0.3 is 18.3 Å². The van der Waals surface area contributed by atoms with Gasteiger partial charge in [0.25, 0.3) is 16.7 Å². The molecule has 0 saturated carbocycles. The number of aryl methyl sites for hydroxylation is 2. The summed E-state index contributed by atoms with van der Waals surface area (Å²) in [6.07, 6.45) is 5.87. The van der Waals surface area contributed by atoms with Crippen LogP contribution < -0.4 is 22.4 Å². The van der Waals surface area contributed by atoms with Crippen LogP contribution in [-0.4, -0.2) is 108 Å². The van der Waals surface area contributed by atoms with Gasteiger partial charge in [-0.3, -0.25) is 14.4 Å². The number of aliphatic hydroxyl groups is 7. The first-order chi connectivity index (χ1) is 38.6. The van der Waals surface area contributed by atoms with Crippen molar-refractivity contribution in [3.8, 4) is 5.75 Å². The first-order valence-corrected chi connectivity index (χ1v) is 25.5. The molecule has 0 spiro atoms. The maximum absolute atomic E-state index is 11.4. The average molecular weight is 1220 g/mol. The number of H-pyrrole nitrogens is 3. The number of halogens is 3. The highest BCUT2D eigenvalue weighted by Crippen LogP contribution is 2.24. The number of nitrogens with zero attached hydrogens (tertiary/aromatic N) is 5. The smallest absolute Gasteiger partial charge is 0.373 e. The van der Waals surface area contributed by atoms with E-state index in [2.05, 4.69) is 61.2 Å². The highest BCUT2D eigenvalue weighted by molar-refractivity contribution is 8.26. The summed E-state index contributed by atoms with van der Waals surface area (Å²) in [4.78, 5) is 104. The van der Waals surface area contributed by atoms with E-state index in [9.17, 15) is 24.3 Å². The van der Waals surface area contributed by atoms with Crippen LogP contribution in [0.1, 0.15) is 69.3 Å². The zero-order valence-corrected chi connectivity index (χ0v) is 45.2. The van der Waals surface area contributed by atoms with Gasteiger partial charge in [-0.2, -0.15) is 19.2 Å². The number of anilines is 1. The lowest BCUT2D eigenvalue weighted by molar-refractivity contribution is -0.193. The fourth-order valence-electron chi connectivity index (χ4n) is 6.79. The van der Waals surface area contributed by atoms with E-state index in [0.29, 0.717) is 65.7 Å². The summed E-state index contributed by atoms with van der Waals surface area (Å²) in [6, 6.07) is 15.8. The maximum atomic E-state index is 11.4. The fourth-order valence-corrected chi connectivity index (χ4v) is 6.98. The number of aromatic carboxylic acids is 1. The zero-order valence-electron chi connectivity index (χ0n) is 42.1. The minimum Gasteiger partial charge on any atom is -0.508 e. The van der Waals surface area contributed by atoms with E-state index in [1.807, 2.05) is 26.0 Å². The van der Waals surface area contributed by atoms with Crippen LogP contribution in [0.3, 0.4) is 0 Å². The van der Waals surface area contributed by atoms with Gasteiger partial charge in [-0.05, 0) is 119 Å². The summed E-state index contributed by atoms with van der Waals surface area (Å²) in [5.41, 5.74) is 13.0. The van der Waals surface area contributed by atoms with Crippen molar-refractivity contribution in [1.82, 2.24) is 39.9 Å². The number of carbonyl (C=O) groups is 1. The number of aromatic nitrogens is 8. The van der Waals surface area contributed by atoms with E-state index in [-0.39, 0.29) is 101 Å². The number of phenols is 1.